The van der Waals surface area contributed by atoms with Crippen molar-refractivity contribution in [2.75, 3.05) is 0 Å². The van der Waals surface area contributed by atoms with Crippen LogP contribution in [-0.4, -0.2) is 22.6 Å². The molecule has 1 aromatic heterocycles. The van der Waals surface area contributed by atoms with Crippen LogP contribution >= 0.6 is 22.9 Å². The summed E-state index contributed by atoms with van der Waals surface area (Å²) in [6.45, 7) is 6.67. The van der Waals surface area contributed by atoms with Crippen LogP contribution < -0.4 is 14.8 Å². The van der Waals surface area contributed by atoms with Crippen molar-refractivity contribution in [3.8, 4) is 17.2 Å². The number of aryl methyl sites for hydroxylation is 2. The summed E-state index contributed by atoms with van der Waals surface area (Å²) in [6, 6.07) is 14.6. The van der Waals surface area contributed by atoms with Crippen LogP contribution in [0.1, 0.15) is 40.2 Å². The minimum atomic E-state index is -1.39. The molecular weight excluding hydrogens is 517 g/mol. The van der Waals surface area contributed by atoms with Gasteiger partial charge in [-0.15, -0.1) is 11.3 Å². The zero-order valence-electron chi connectivity index (χ0n) is 20.6. The second kappa shape index (κ2) is 10.4. The van der Waals surface area contributed by atoms with Crippen molar-refractivity contribution in [1.29, 1.82) is 0 Å². The molecule has 0 saturated heterocycles. The number of rotatable bonds is 8. The normalized spacial score (nSPS) is 11.4. The van der Waals surface area contributed by atoms with Crippen LogP contribution in [0.3, 0.4) is 0 Å². The second-order valence-corrected chi connectivity index (χ2v) is 10.6. The van der Waals surface area contributed by atoms with Crippen molar-refractivity contribution < 1.29 is 28.6 Å². The molecule has 0 unspecified atom stereocenters. The van der Waals surface area contributed by atoms with Gasteiger partial charge in [0, 0.05) is 22.3 Å². The minimum absolute atomic E-state index is 0.109. The highest BCUT2D eigenvalue weighted by Gasteiger charge is 2.30. The molecule has 1 amide bonds. The molecule has 3 aromatic carbocycles. The predicted molar refractivity (Wildman–Crippen MR) is 143 cm³/mol. The smallest absolute Gasteiger partial charge is 0.347 e. The highest BCUT2D eigenvalue weighted by molar-refractivity contribution is 7.21. The fourth-order valence-electron chi connectivity index (χ4n) is 3.71. The number of carboxylic acid groups (broad SMARTS) is 1. The molecular formula is C28H25ClFNO5S. The number of hydrogen-bond acceptors (Lipinski definition) is 5. The van der Waals surface area contributed by atoms with Gasteiger partial charge < -0.3 is 19.9 Å². The first kappa shape index (κ1) is 26.4. The number of ether oxygens (including phenoxy) is 2. The van der Waals surface area contributed by atoms with Gasteiger partial charge in [0.05, 0.1) is 4.88 Å². The SMILES string of the molecule is Cc1cc(Oc2cc(F)cc(CNC(=O)c3sc4ccc(Cl)cc4c3C)c2)ccc1OC(C)(C)C(=O)O. The van der Waals surface area contributed by atoms with E-state index in [-0.39, 0.29) is 18.2 Å². The number of thiophene rings is 1. The van der Waals surface area contributed by atoms with Crippen LogP contribution in [0.2, 0.25) is 5.02 Å². The number of amides is 1. The van der Waals surface area contributed by atoms with Gasteiger partial charge in [0.25, 0.3) is 5.91 Å². The monoisotopic (exact) mass is 541 g/mol. The number of carboxylic acids is 1. The molecule has 192 valence electrons. The maximum atomic E-state index is 14.3. The molecule has 0 fully saturated rings. The Morgan fingerprint density at radius 2 is 1.81 bits per heavy atom. The third kappa shape index (κ3) is 6.03. The number of halogens is 2. The molecule has 1 heterocycles. The Hall–Kier alpha value is -3.62. The molecule has 0 aliphatic carbocycles. The quantitative estimate of drug-likeness (QED) is 0.245. The molecule has 0 aliphatic rings. The molecule has 0 aliphatic heterocycles. The van der Waals surface area contributed by atoms with Gasteiger partial charge in [-0.1, -0.05) is 11.6 Å². The Bertz CT molecular complexity index is 1510. The fraction of sp³-hybridized carbons (Fsp3) is 0.214. The lowest BCUT2D eigenvalue weighted by Gasteiger charge is -2.23. The van der Waals surface area contributed by atoms with Gasteiger partial charge in [0.1, 0.15) is 23.1 Å². The van der Waals surface area contributed by atoms with Crippen molar-refractivity contribution in [1.82, 2.24) is 5.32 Å². The number of hydrogen-bond donors (Lipinski definition) is 2. The van der Waals surface area contributed by atoms with E-state index in [0.717, 1.165) is 15.6 Å². The molecule has 0 saturated carbocycles. The lowest BCUT2D eigenvalue weighted by Crippen LogP contribution is -2.38. The summed E-state index contributed by atoms with van der Waals surface area (Å²) in [7, 11) is 0. The summed E-state index contributed by atoms with van der Waals surface area (Å²) in [5, 5.41) is 13.7. The summed E-state index contributed by atoms with van der Waals surface area (Å²) in [6.07, 6.45) is 0. The van der Waals surface area contributed by atoms with Crippen LogP contribution in [0.25, 0.3) is 10.1 Å². The summed E-state index contributed by atoms with van der Waals surface area (Å²) < 4.78 is 26.8. The highest BCUT2D eigenvalue weighted by Crippen LogP contribution is 2.33. The van der Waals surface area contributed by atoms with Gasteiger partial charge in [-0.05, 0) is 98.3 Å². The first-order valence-electron chi connectivity index (χ1n) is 11.4. The number of carbonyl (C=O) groups excluding carboxylic acids is 1. The molecule has 4 rings (SSSR count). The van der Waals surface area contributed by atoms with Crippen molar-refractivity contribution in [3.05, 3.63) is 87.0 Å². The second-order valence-electron chi connectivity index (χ2n) is 9.12. The van der Waals surface area contributed by atoms with Crippen molar-refractivity contribution in [2.45, 2.75) is 39.8 Å². The lowest BCUT2D eigenvalue weighted by molar-refractivity contribution is -0.152. The first-order chi connectivity index (χ1) is 17.4. The zero-order valence-corrected chi connectivity index (χ0v) is 22.2. The fourth-order valence-corrected chi connectivity index (χ4v) is 4.99. The Morgan fingerprint density at radius 1 is 1.05 bits per heavy atom. The Balaban J connectivity index is 1.46. The Labute approximate surface area is 222 Å². The number of carbonyl (C=O) groups is 2. The average molecular weight is 542 g/mol. The van der Waals surface area contributed by atoms with Crippen molar-refractivity contribution >= 4 is 44.9 Å². The Morgan fingerprint density at radius 3 is 2.51 bits per heavy atom. The van der Waals surface area contributed by atoms with Crippen LogP contribution in [0.4, 0.5) is 4.39 Å². The molecule has 0 spiro atoms. The standard InChI is InChI=1S/C28H25ClFNO5S/c1-15-9-20(6-7-23(15)36-28(3,4)27(33)34)35-21-11-17(10-19(30)13-21)14-31-26(32)25-16(2)22-12-18(29)5-8-24(22)37-25/h5-13H,14H2,1-4H3,(H,31,32)(H,33,34). The van der Waals surface area contributed by atoms with E-state index < -0.39 is 17.4 Å². The van der Waals surface area contributed by atoms with Crippen molar-refractivity contribution in [2.24, 2.45) is 0 Å². The summed E-state index contributed by atoms with van der Waals surface area (Å²) in [4.78, 5) is 24.8. The topological polar surface area (TPSA) is 84.9 Å². The van der Waals surface area contributed by atoms with Gasteiger partial charge in [0.15, 0.2) is 5.60 Å². The number of benzene rings is 3. The van der Waals surface area contributed by atoms with E-state index in [4.69, 9.17) is 21.1 Å². The molecule has 0 bridgehead atoms. The van der Waals surface area contributed by atoms with Crippen molar-refractivity contribution in [3.63, 3.8) is 0 Å². The molecule has 0 radical (unpaired) electrons. The van der Waals surface area contributed by atoms with Gasteiger partial charge in [-0.2, -0.15) is 0 Å². The van der Waals surface area contributed by atoms with Gasteiger partial charge >= 0.3 is 5.97 Å². The van der Waals surface area contributed by atoms with E-state index in [2.05, 4.69) is 5.32 Å². The van der Waals surface area contributed by atoms with E-state index in [1.165, 1.54) is 37.3 Å². The Kier molecular flexibility index (Phi) is 7.43. The molecule has 2 N–H and O–H groups in total. The third-order valence-electron chi connectivity index (χ3n) is 5.75. The maximum Gasteiger partial charge on any atom is 0.347 e. The van der Waals surface area contributed by atoms with E-state index in [0.29, 0.717) is 32.5 Å². The lowest BCUT2D eigenvalue weighted by atomic mass is 10.1. The highest BCUT2D eigenvalue weighted by atomic mass is 35.5. The number of aliphatic carboxylic acids is 1. The zero-order chi connectivity index (χ0) is 26.9. The van der Waals surface area contributed by atoms with E-state index in [1.807, 2.05) is 19.1 Å². The van der Waals surface area contributed by atoms with Gasteiger partial charge in [-0.3, -0.25) is 4.79 Å². The van der Waals surface area contributed by atoms with E-state index in [9.17, 15) is 19.1 Å². The summed E-state index contributed by atoms with van der Waals surface area (Å²) >= 11 is 7.47. The largest absolute Gasteiger partial charge is 0.478 e. The summed E-state index contributed by atoms with van der Waals surface area (Å²) in [5.74, 6) is -0.750. The van der Waals surface area contributed by atoms with Crippen LogP contribution in [0.15, 0.2) is 54.6 Å². The third-order valence-corrected chi connectivity index (χ3v) is 7.26. The van der Waals surface area contributed by atoms with E-state index >= 15 is 0 Å². The van der Waals surface area contributed by atoms with E-state index in [1.54, 1.807) is 37.3 Å². The molecule has 0 atom stereocenters. The molecule has 6 nitrogen and oxygen atoms in total. The van der Waals surface area contributed by atoms with Crippen LogP contribution in [-0.2, 0) is 11.3 Å². The predicted octanol–water partition coefficient (Wildman–Crippen LogP) is 7.27. The molecule has 37 heavy (non-hydrogen) atoms. The van der Waals surface area contributed by atoms with Crippen LogP contribution in [0, 0.1) is 19.7 Å². The maximum absolute atomic E-state index is 14.3. The van der Waals surface area contributed by atoms with Crippen LogP contribution in [0.5, 0.6) is 17.2 Å². The van der Waals surface area contributed by atoms with Gasteiger partial charge in [-0.25, -0.2) is 9.18 Å². The average Bonchev–Trinajstić information content (AvgIpc) is 3.14. The molecule has 9 heteroatoms. The number of nitrogens with one attached hydrogen (secondary N) is 1. The minimum Gasteiger partial charge on any atom is -0.478 e. The molecule has 4 aromatic rings. The summed E-state index contributed by atoms with van der Waals surface area (Å²) in [5.41, 5.74) is 0.648. The first-order valence-corrected chi connectivity index (χ1v) is 12.6. The van der Waals surface area contributed by atoms with Gasteiger partial charge in [0.2, 0.25) is 0 Å². The number of fused-ring (bicyclic) bond motifs is 1.